The van der Waals surface area contributed by atoms with Crippen LogP contribution in [-0.4, -0.2) is 10.1 Å². The zero-order chi connectivity index (χ0) is 17.0. The zero-order valence-electron chi connectivity index (χ0n) is 14.4. The molecule has 0 aliphatic rings. The lowest BCUT2D eigenvalue weighted by Gasteiger charge is -2.19. The molecule has 0 spiro atoms. The Morgan fingerprint density at radius 1 is 1.62 bits per heavy atom. The second kappa shape index (κ2) is 3.61. The summed E-state index contributed by atoms with van der Waals surface area (Å²) < 4.78 is 45.6. The second-order valence-corrected chi connectivity index (χ2v) is 3.96. The third-order valence-corrected chi connectivity index (χ3v) is 2.24. The third-order valence-electron chi connectivity index (χ3n) is 2.05. The number of hydrogen-bond donors (Lipinski definition) is 2. The fourth-order valence-electron chi connectivity index (χ4n) is 1.37. The Labute approximate surface area is 107 Å². The molecular weight excluding hydrogens is 224 g/mol. The van der Waals surface area contributed by atoms with Gasteiger partial charge in [0.25, 0.3) is 0 Å². The molecular formula is C12H13ClN2O. The predicted octanol–water partition coefficient (Wildman–Crippen LogP) is 2.70. The quantitative estimate of drug-likeness (QED) is 0.808. The van der Waals surface area contributed by atoms with Crippen molar-refractivity contribution in [2.45, 2.75) is 19.4 Å². The number of nitrogens with zero attached hydrogens (tertiary/aromatic N) is 1. The molecule has 0 fully saturated rings. The first-order valence-electron chi connectivity index (χ1n) is 7.48. The topological polar surface area (TPSA) is 59.1 Å². The van der Waals surface area contributed by atoms with Crippen LogP contribution in [-0.2, 0) is 5.60 Å². The van der Waals surface area contributed by atoms with Gasteiger partial charge in [-0.2, -0.15) is 0 Å². The molecule has 16 heavy (non-hydrogen) atoms. The number of halogens is 1. The van der Waals surface area contributed by atoms with E-state index in [0.717, 1.165) is 6.92 Å². The maximum absolute atomic E-state index is 10.3. The maximum atomic E-state index is 10.3. The first kappa shape index (κ1) is 5.84. The van der Waals surface area contributed by atoms with Crippen LogP contribution in [0.3, 0.4) is 0 Å². The highest BCUT2D eigenvalue weighted by Crippen LogP contribution is 2.28. The van der Waals surface area contributed by atoms with E-state index in [-0.39, 0.29) is 39.4 Å². The standard InChI is InChI=1S/C12H13ClN2O/c1-12(2,16)11-9(14)6-7-5-8(13)3-4-10(7)15-11/h3-6,16H,14H2,1-2H3/i1D3,3D,4D,5D. The van der Waals surface area contributed by atoms with Crippen molar-refractivity contribution in [1.82, 2.24) is 4.98 Å². The number of aromatic nitrogens is 1. The number of pyridine rings is 1. The fraction of sp³-hybridized carbons (Fsp3) is 0.250. The molecule has 0 saturated carbocycles. The number of hydrogen-bond acceptors (Lipinski definition) is 3. The summed E-state index contributed by atoms with van der Waals surface area (Å²) in [6, 6.07) is 0.260. The minimum Gasteiger partial charge on any atom is -0.397 e. The lowest BCUT2D eigenvalue weighted by molar-refractivity contribution is 0.0751. The van der Waals surface area contributed by atoms with Gasteiger partial charge in [-0.05, 0) is 38.0 Å². The van der Waals surface area contributed by atoms with E-state index in [2.05, 4.69) is 4.98 Å². The van der Waals surface area contributed by atoms with Crippen molar-refractivity contribution in [3.8, 4) is 0 Å². The fourth-order valence-corrected chi connectivity index (χ4v) is 1.52. The minimum absolute atomic E-state index is 0.104. The highest BCUT2D eigenvalue weighted by atomic mass is 35.5. The molecule has 3 N–H and O–H groups in total. The Hall–Kier alpha value is -1.32. The predicted molar refractivity (Wildman–Crippen MR) is 66.4 cm³/mol. The van der Waals surface area contributed by atoms with E-state index >= 15 is 0 Å². The van der Waals surface area contributed by atoms with Crippen LogP contribution in [0.25, 0.3) is 10.9 Å². The minimum atomic E-state index is -2.79. The Morgan fingerprint density at radius 2 is 2.38 bits per heavy atom. The number of benzene rings is 1. The number of anilines is 1. The largest absolute Gasteiger partial charge is 0.397 e. The molecule has 0 radical (unpaired) electrons. The molecule has 2 rings (SSSR count). The molecule has 0 aliphatic carbocycles. The summed E-state index contributed by atoms with van der Waals surface area (Å²) in [5, 5.41) is 10.2. The lowest BCUT2D eigenvalue weighted by atomic mass is 10.0. The van der Waals surface area contributed by atoms with Crippen molar-refractivity contribution in [2.75, 3.05) is 5.73 Å². The molecule has 2 aromatic rings. The van der Waals surface area contributed by atoms with Gasteiger partial charge in [0.15, 0.2) is 0 Å². The van der Waals surface area contributed by atoms with Gasteiger partial charge in [-0.3, -0.25) is 0 Å². The van der Waals surface area contributed by atoms with E-state index in [1.54, 1.807) is 0 Å². The van der Waals surface area contributed by atoms with Crippen molar-refractivity contribution in [3.63, 3.8) is 0 Å². The lowest BCUT2D eigenvalue weighted by Crippen LogP contribution is -2.19. The van der Waals surface area contributed by atoms with Gasteiger partial charge in [-0.15, -0.1) is 0 Å². The molecule has 1 aromatic heterocycles. The summed E-state index contributed by atoms with van der Waals surface area (Å²) in [6.07, 6.45) is 0. The molecule has 0 aliphatic heterocycles. The Bertz CT molecular complexity index is 775. The maximum Gasteiger partial charge on any atom is 0.103 e. The highest BCUT2D eigenvalue weighted by Gasteiger charge is 2.21. The van der Waals surface area contributed by atoms with Gasteiger partial charge in [0.05, 0.1) is 21.0 Å². The summed E-state index contributed by atoms with van der Waals surface area (Å²) in [6.45, 7) is -1.74. The van der Waals surface area contributed by atoms with Crippen LogP contribution in [0, 0.1) is 0 Å². The number of aliphatic hydroxyl groups is 1. The number of nitrogen functional groups attached to an aromatic ring is 1. The van der Waals surface area contributed by atoms with Crippen LogP contribution in [0.5, 0.6) is 0 Å². The molecule has 3 nitrogen and oxygen atoms in total. The van der Waals surface area contributed by atoms with Crippen LogP contribution < -0.4 is 5.73 Å². The van der Waals surface area contributed by atoms with Crippen molar-refractivity contribution >= 4 is 28.2 Å². The van der Waals surface area contributed by atoms with Gasteiger partial charge in [0.2, 0.25) is 0 Å². The molecule has 1 atom stereocenters. The summed E-state index contributed by atoms with van der Waals surface area (Å²) >= 11 is 5.81. The summed E-state index contributed by atoms with van der Waals surface area (Å²) in [5.41, 5.74) is 2.88. The number of rotatable bonds is 1. The number of nitrogens with two attached hydrogens (primary N) is 1. The first-order valence-corrected chi connectivity index (χ1v) is 4.85. The van der Waals surface area contributed by atoms with Crippen molar-refractivity contribution in [2.24, 2.45) is 0 Å². The van der Waals surface area contributed by atoms with Crippen LogP contribution in [0.1, 0.15) is 27.7 Å². The molecule has 4 heteroatoms. The average molecular weight is 243 g/mol. The van der Waals surface area contributed by atoms with E-state index in [0.29, 0.717) is 0 Å². The second-order valence-electron chi connectivity index (χ2n) is 3.58. The van der Waals surface area contributed by atoms with Gasteiger partial charge in [0.1, 0.15) is 5.60 Å². The Balaban J connectivity index is 2.90. The van der Waals surface area contributed by atoms with Crippen molar-refractivity contribution in [1.29, 1.82) is 0 Å². The van der Waals surface area contributed by atoms with Gasteiger partial charge in [0, 0.05) is 14.5 Å². The molecule has 0 saturated heterocycles. The zero-order valence-corrected chi connectivity index (χ0v) is 9.18. The molecule has 1 heterocycles. The molecule has 84 valence electrons. The number of fused-ring (bicyclic) bond motifs is 1. The third kappa shape index (κ3) is 1.96. The van der Waals surface area contributed by atoms with Crippen LogP contribution in [0.4, 0.5) is 5.69 Å². The van der Waals surface area contributed by atoms with E-state index in [4.69, 9.17) is 25.6 Å². The molecule has 1 aromatic carbocycles. The monoisotopic (exact) mass is 242 g/mol. The smallest absolute Gasteiger partial charge is 0.103 e. The summed E-state index contributed by atoms with van der Waals surface area (Å²) in [5.74, 6) is 0. The Morgan fingerprint density at radius 3 is 3.06 bits per heavy atom. The van der Waals surface area contributed by atoms with Crippen molar-refractivity contribution < 1.29 is 13.3 Å². The summed E-state index contributed by atoms with van der Waals surface area (Å²) in [7, 11) is 0. The first-order chi connectivity index (χ1) is 9.89. The van der Waals surface area contributed by atoms with Gasteiger partial charge >= 0.3 is 0 Å². The highest BCUT2D eigenvalue weighted by molar-refractivity contribution is 6.31. The van der Waals surface area contributed by atoms with Gasteiger partial charge < -0.3 is 10.8 Å². The van der Waals surface area contributed by atoms with Crippen molar-refractivity contribution in [3.05, 3.63) is 34.9 Å². The molecule has 0 amide bonds. The van der Waals surface area contributed by atoms with E-state index in [1.807, 2.05) is 0 Å². The molecule has 0 bridgehead atoms. The summed E-state index contributed by atoms with van der Waals surface area (Å²) in [4.78, 5) is 3.95. The van der Waals surface area contributed by atoms with E-state index in [9.17, 15) is 5.11 Å². The molecule has 1 unspecified atom stereocenters. The van der Waals surface area contributed by atoms with Gasteiger partial charge in [-0.25, -0.2) is 4.98 Å². The normalized spacial score (nSPS) is 21.2. The van der Waals surface area contributed by atoms with Crippen LogP contribution in [0.2, 0.25) is 5.02 Å². The average Bonchev–Trinajstić information content (AvgIpc) is 2.41. The Kier molecular flexibility index (Phi) is 1.32. The van der Waals surface area contributed by atoms with Gasteiger partial charge in [-0.1, -0.05) is 11.6 Å². The van der Waals surface area contributed by atoms with E-state index < -0.39 is 18.5 Å². The van der Waals surface area contributed by atoms with Crippen LogP contribution in [0.15, 0.2) is 24.2 Å². The van der Waals surface area contributed by atoms with E-state index in [1.165, 1.54) is 6.07 Å². The van der Waals surface area contributed by atoms with Crippen LogP contribution >= 0.6 is 11.6 Å². The SMILES string of the molecule is [2H]c1c(Cl)c([2H])c2cc(N)c(C(C)(O)C([2H])([2H])[2H])nc2c1[2H].